The van der Waals surface area contributed by atoms with E-state index in [0.29, 0.717) is 5.92 Å². The Hall–Kier alpha value is -3.18. The fourth-order valence-electron chi connectivity index (χ4n) is 5.87. The number of carbonyl (C=O) groups is 1. The molecule has 2 aromatic heterocycles. The van der Waals surface area contributed by atoms with E-state index in [4.69, 9.17) is 4.98 Å². The first-order valence-corrected chi connectivity index (χ1v) is 17.1. The van der Waals surface area contributed by atoms with Crippen molar-refractivity contribution in [2.24, 2.45) is 5.92 Å². The first kappa shape index (κ1) is 38.3. The average Bonchev–Trinajstić information content (AvgIpc) is 3.36. The molecule has 0 unspecified atom stereocenters. The van der Waals surface area contributed by atoms with Crippen LogP contribution in [0.4, 0.5) is 4.39 Å². The Balaban J connectivity index is 0.000000397. The molecule has 3 nitrogen and oxygen atoms in total. The molecule has 0 spiro atoms. The molecule has 5 aromatic rings. The van der Waals surface area contributed by atoms with Crippen LogP contribution in [0.25, 0.3) is 42.6 Å². The third kappa shape index (κ3) is 8.65. The monoisotopic (exact) mass is 829 g/mol. The number of carbonyl (C=O) groups excluding carboxylic acids is 1. The fraction of sp³-hybridized carbons (Fsp3) is 0.366. The summed E-state index contributed by atoms with van der Waals surface area (Å²) in [6.45, 7) is 18.6. The van der Waals surface area contributed by atoms with Gasteiger partial charge in [-0.15, -0.1) is 40.5 Å². The van der Waals surface area contributed by atoms with Crippen LogP contribution in [0.3, 0.4) is 0 Å². The fourth-order valence-corrected chi connectivity index (χ4v) is 7.27. The second-order valence-electron chi connectivity index (χ2n) is 13.4. The van der Waals surface area contributed by atoms with Gasteiger partial charge in [0.1, 0.15) is 0 Å². The Labute approximate surface area is 297 Å². The number of hydrogen-bond donors (Lipinski definition) is 1. The minimum Gasteiger partial charge on any atom is -0.512 e. The van der Waals surface area contributed by atoms with Crippen LogP contribution in [-0.4, -0.2) is 22.5 Å². The van der Waals surface area contributed by atoms with Gasteiger partial charge >= 0.3 is 0 Å². The van der Waals surface area contributed by atoms with Crippen LogP contribution in [0, 0.1) is 25.8 Å². The summed E-state index contributed by atoms with van der Waals surface area (Å²) in [4.78, 5) is 16.8. The normalized spacial score (nSPS) is 12.0. The van der Waals surface area contributed by atoms with Crippen molar-refractivity contribution in [1.29, 1.82) is 0 Å². The average molecular weight is 829 g/mol. The van der Waals surface area contributed by atoms with E-state index in [9.17, 15) is 14.3 Å². The number of pyridine rings is 1. The number of ketones is 1. The second-order valence-corrected chi connectivity index (χ2v) is 14.4. The quantitative estimate of drug-likeness (QED) is 0.0963. The van der Waals surface area contributed by atoms with Crippen molar-refractivity contribution in [1.82, 2.24) is 4.98 Å². The number of nitrogens with zero attached hydrogens (tertiary/aromatic N) is 1. The molecule has 0 fully saturated rings. The number of rotatable bonds is 8. The predicted molar refractivity (Wildman–Crippen MR) is 195 cm³/mol. The van der Waals surface area contributed by atoms with Crippen LogP contribution in [0.1, 0.15) is 89.5 Å². The number of thiophene rings is 1. The third-order valence-corrected chi connectivity index (χ3v) is 10.1. The number of aliphatic hydroxyl groups is 1. The summed E-state index contributed by atoms with van der Waals surface area (Å²) in [5.41, 5.74) is 8.98. The zero-order chi connectivity index (χ0) is 33.8. The van der Waals surface area contributed by atoms with Gasteiger partial charge in [0.15, 0.2) is 12.5 Å². The van der Waals surface area contributed by atoms with Gasteiger partial charge in [-0.05, 0) is 71.7 Å². The molecule has 2 heterocycles. The van der Waals surface area contributed by atoms with E-state index in [2.05, 4.69) is 109 Å². The topological polar surface area (TPSA) is 50.2 Å². The summed E-state index contributed by atoms with van der Waals surface area (Å²) >= 11 is 1.86. The van der Waals surface area contributed by atoms with E-state index >= 15 is 0 Å². The Morgan fingerprint density at radius 3 is 2.30 bits per heavy atom. The van der Waals surface area contributed by atoms with E-state index in [1.165, 1.54) is 48.2 Å². The molecule has 251 valence electrons. The number of benzene rings is 3. The minimum atomic E-state index is -1.04. The number of allylic oxidation sites excluding steroid dienone is 2. The molecule has 3 aromatic carbocycles. The first-order chi connectivity index (χ1) is 21.8. The zero-order valence-electron chi connectivity index (χ0n) is 29.0. The summed E-state index contributed by atoms with van der Waals surface area (Å²) in [5.74, 6) is -0.246. The van der Waals surface area contributed by atoms with Gasteiger partial charge in [0.05, 0.1) is 5.76 Å². The molecule has 0 atom stereocenters. The predicted octanol–water partition coefficient (Wildman–Crippen LogP) is 12.0. The summed E-state index contributed by atoms with van der Waals surface area (Å²) < 4.78 is 13.0. The van der Waals surface area contributed by atoms with Gasteiger partial charge in [-0.1, -0.05) is 95.8 Å². The Morgan fingerprint density at radius 2 is 1.70 bits per heavy atom. The van der Waals surface area contributed by atoms with Crippen molar-refractivity contribution in [2.75, 3.05) is 6.67 Å². The Kier molecular flexibility index (Phi) is 13.3. The van der Waals surface area contributed by atoms with Crippen LogP contribution < -0.4 is 0 Å². The van der Waals surface area contributed by atoms with E-state index in [-0.39, 0.29) is 37.2 Å². The molecule has 1 radical (unpaired) electrons. The molecule has 47 heavy (non-hydrogen) atoms. The van der Waals surface area contributed by atoms with E-state index in [0.717, 1.165) is 35.6 Å². The van der Waals surface area contributed by atoms with Crippen molar-refractivity contribution >= 4 is 38.0 Å². The van der Waals surface area contributed by atoms with Gasteiger partial charge < -0.3 is 5.11 Å². The number of aromatic nitrogens is 1. The van der Waals surface area contributed by atoms with Crippen LogP contribution in [0.5, 0.6) is 0 Å². The first-order valence-electron chi connectivity index (χ1n) is 16.2. The zero-order valence-corrected chi connectivity index (χ0v) is 32.3. The van der Waals surface area contributed by atoms with E-state index in [1.54, 1.807) is 0 Å². The maximum Gasteiger partial charge on any atom is 0.189 e. The summed E-state index contributed by atoms with van der Waals surface area (Å²) in [5, 5.41) is 13.0. The maximum absolute atomic E-state index is 11.7. The van der Waals surface area contributed by atoms with Gasteiger partial charge in [-0.2, -0.15) is 0 Å². The maximum atomic E-state index is 11.7. The smallest absolute Gasteiger partial charge is 0.189 e. The molecule has 0 saturated carbocycles. The Bertz CT molecular complexity index is 1880. The van der Waals surface area contributed by atoms with Crippen molar-refractivity contribution in [3.05, 3.63) is 101 Å². The number of halogens is 1. The molecule has 0 saturated heterocycles. The van der Waals surface area contributed by atoms with E-state index in [1.807, 2.05) is 31.4 Å². The van der Waals surface area contributed by atoms with Gasteiger partial charge in [0, 0.05) is 53.6 Å². The summed E-state index contributed by atoms with van der Waals surface area (Å²) in [6, 6.07) is 23.7. The minimum absolute atomic E-state index is 0. The number of fused-ring (bicyclic) bond motifs is 2. The Morgan fingerprint density at radius 1 is 1.02 bits per heavy atom. The van der Waals surface area contributed by atoms with Gasteiger partial charge in [0.25, 0.3) is 0 Å². The molecule has 0 aliphatic heterocycles. The molecule has 0 bridgehead atoms. The second kappa shape index (κ2) is 16.3. The molecular formula is C41H47FIrNO2S-. The van der Waals surface area contributed by atoms with Crippen LogP contribution >= 0.6 is 11.3 Å². The van der Waals surface area contributed by atoms with Crippen molar-refractivity contribution < 1.29 is 34.4 Å². The van der Waals surface area contributed by atoms with Crippen molar-refractivity contribution in [2.45, 2.75) is 86.5 Å². The molecule has 6 heteroatoms. The standard InChI is InChI=1S/C32H32NS.C9H15FO2.Ir/c1-19(2)28-18-23(17-22-10-8-9-11-27(22)28)29-31-26(14-15-33-29)21(4)30(34-31)25-13-12-24(16-20(25)3)32(5,6)7;1-3-7(4-2)9(12)5-8(11)6-10;/h8-16,18-19H,1-7H3;5,7,12H,3-4,6H2,1-2H3;/q-1;;/b;9-5-;. The van der Waals surface area contributed by atoms with Crippen molar-refractivity contribution in [3.8, 4) is 21.7 Å². The van der Waals surface area contributed by atoms with Gasteiger partial charge in [-0.3, -0.25) is 9.78 Å². The van der Waals surface area contributed by atoms with Crippen molar-refractivity contribution in [3.63, 3.8) is 0 Å². The van der Waals surface area contributed by atoms with Crippen LogP contribution in [0.2, 0.25) is 0 Å². The van der Waals surface area contributed by atoms with Crippen LogP contribution in [0.15, 0.2) is 72.6 Å². The number of alkyl halides is 1. The molecule has 0 amide bonds. The molecule has 0 aliphatic carbocycles. The summed E-state index contributed by atoms with van der Waals surface area (Å²) in [7, 11) is 0. The van der Waals surface area contributed by atoms with Crippen LogP contribution in [-0.2, 0) is 30.3 Å². The molecular weight excluding hydrogens is 782 g/mol. The SMILES string of the molecule is CCC(CC)/C(O)=C/C(=O)CF.Cc1cc(C(C)(C)C)ccc1-c1sc2c(-c3[c-]c4ccccc4c(C(C)C)c3)nccc2c1C.[Ir]. The number of aliphatic hydroxyl groups excluding tert-OH is 1. The summed E-state index contributed by atoms with van der Waals surface area (Å²) in [6.07, 6.45) is 4.46. The van der Waals surface area contributed by atoms with E-state index < -0.39 is 12.5 Å². The number of hydrogen-bond acceptors (Lipinski definition) is 4. The van der Waals surface area contributed by atoms with Gasteiger partial charge in [-0.25, -0.2) is 4.39 Å². The molecule has 0 aliphatic rings. The third-order valence-electron chi connectivity index (χ3n) is 8.72. The molecule has 1 N–H and O–H groups in total. The van der Waals surface area contributed by atoms with Gasteiger partial charge in [0.2, 0.25) is 0 Å². The number of aryl methyl sites for hydroxylation is 2. The molecule has 5 rings (SSSR count). The largest absolute Gasteiger partial charge is 0.512 e.